The molecule has 2 saturated heterocycles. The van der Waals surface area contributed by atoms with Crippen LogP contribution >= 0.6 is 11.8 Å². The average Bonchev–Trinajstić information content (AvgIpc) is 3.06. The van der Waals surface area contributed by atoms with Gasteiger partial charge in [-0.3, -0.25) is 18.7 Å². The summed E-state index contributed by atoms with van der Waals surface area (Å²) in [5.74, 6) is 1.38. The van der Waals surface area contributed by atoms with Gasteiger partial charge in [-0.2, -0.15) is 11.8 Å². The normalized spacial score (nSPS) is 22.8. The van der Waals surface area contributed by atoms with Crippen molar-refractivity contribution < 1.29 is 9.18 Å². The van der Waals surface area contributed by atoms with Crippen molar-refractivity contribution in [1.82, 2.24) is 24.3 Å². The fourth-order valence-corrected chi connectivity index (χ4v) is 8.74. The molecule has 1 N–H and O–H groups in total. The van der Waals surface area contributed by atoms with E-state index in [1.54, 1.807) is 4.57 Å². The summed E-state index contributed by atoms with van der Waals surface area (Å²) >= 11 is 1.86. The molecule has 1 saturated carbocycles. The van der Waals surface area contributed by atoms with E-state index in [2.05, 4.69) is 53.3 Å². The number of unbranched alkanes of at least 4 members (excludes halogenated alkanes) is 1. The molecule has 0 bridgehead atoms. The van der Waals surface area contributed by atoms with Crippen LogP contribution in [0.2, 0.25) is 0 Å². The summed E-state index contributed by atoms with van der Waals surface area (Å²) in [5.41, 5.74) is 1.17. The third-order valence-electron chi connectivity index (χ3n) is 10.5. The van der Waals surface area contributed by atoms with Crippen LogP contribution in [-0.2, 0) is 10.2 Å². The SMILES string of the molecule is CCCCN1CCC(C(=O)NC2CCC(n3c(=O)c4cc(F)cnc4n(C4CCSCC4)c3=O)CC2)(c2ccc(C)cc2)CC1. The first-order valence-electron chi connectivity index (χ1n) is 16.8. The van der Waals surface area contributed by atoms with Gasteiger partial charge in [0.2, 0.25) is 5.91 Å². The number of likely N-dealkylation sites (tertiary alicyclic amines) is 1. The van der Waals surface area contributed by atoms with E-state index in [4.69, 9.17) is 0 Å². The molecule has 0 atom stereocenters. The van der Waals surface area contributed by atoms with Crippen molar-refractivity contribution in [3.8, 4) is 0 Å². The van der Waals surface area contributed by atoms with E-state index in [-0.39, 0.29) is 40.8 Å². The zero-order valence-electron chi connectivity index (χ0n) is 26.6. The van der Waals surface area contributed by atoms with Crippen LogP contribution in [0.3, 0.4) is 0 Å². The third kappa shape index (κ3) is 6.50. The number of nitrogens with one attached hydrogen (secondary N) is 1. The van der Waals surface area contributed by atoms with Gasteiger partial charge >= 0.3 is 5.69 Å². The molecular weight excluding hydrogens is 589 g/mol. The molecule has 45 heavy (non-hydrogen) atoms. The van der Waals surface area contributed by atoms with Crippen LogP contribution in [0.25, 0.3) is 11.0 Å². The maximum atomic E-state index is 14.3. The molecule has 4 heterocycles. The number of thioether (sulfide) groups is 1. The van der Waals surface area contributed by atoms with Gasteiger partial charge in [-0.15, -0.1) is 0 Å². The summed E-state index contributed by atoms with van der Waals surface area (Å²) in [6.07, 6.45) is 9.17. The van der Waals surface area contributed by atoms with Gasteiger partial charge in [0, 0.05) is 18.1 Å². The van der Waals surface area contributed by atoms with Crippen LogP contribution in [-0.4, -0.2) is 62.1 Å². The zero-order chi connectivity index (χ0) is 31.6. The van der Waals surface area contributed by atoms with Gasteiger partial charge < -0.3 is 10.2 Å². The average molecular weight is 636 g/mol. The van der Waals surface area contributed by atoms with Crippen LogP contribution in [0.15, 0.2) is 46.1 Å². The predicted molar refractivity (Wildman–Crippen MR) is 179 cm³/mol. The highest BCUT2D eigenvalue weighted by Crippen LogP contribution is 2.37. The molecule has 3 fully saturated rings. The number of aryl methyl sites for hydroxylation is 1. The number of carbonyl (C=O) groups excluding carboxylic acids is 1. The lowest BCUT2D eigenvalue weighted by atomic mass is 9.71. The van der Waals surface area contributed by atoms with Gasteiger partial charge in [0.15, 0.2) is 0 Å². The summed E-state index contributed by atoms with van der Waals surface area (Å²) in [6, 6.07) is 9.26. The fourth-order valence-electron chi connectivity index (χ4n) is 7.66. The third-order valence-corrected chi connectivity index (χ3v) is 11.5. The second-order valence-electron chi connectivity index (χ2n) is 13.3. The van der Waals surface area contributed by atoms with Crippen LogP contribution in [0.4, 0.5) is 4.39 Å². The Hall–Kier alpha value is -2.98. The molecule has 0 radical (unpaired) electrons. The minimum atomic E-state index is -0.583. The predicted octanol–water partition coefficient (Wildman–Crippen LogP) is 5.51. The summed E-state index contributed by atoms with van der Waals surface area (Å²) in [5, 5.41) is 3.57. The number of benzene rings is 1. The first-order chi connectivity index (χ1) is 21.8. The van der Waals surface area contributed by atoms with Crippen molar-refractivity contribution in [3.05, 3.63) is 74.3 Å². The maximum absolute atomic E-state index is 14.3. The van der Waals surface area contributed by atoms with E-state index in [1.807, 2.05) is 11.8 Å². The molecule has 8 nitrogen and oxygen atoms in total. The number of aromatic nitrogens is 3. The minimum Gasteiger partial charge on any atom is -0.353 e. The molecule has 2 aromatic heterocycles. The summed E-state index contributed by atoms with van der Waals surface area (Å²) in [6.45, 7) is 7.16. The molecule has 0 spiro atoms. The molecule has 2 aliphatic heterocycles. The summed E-state index contributed by atoms with van der Waals surface area (Å²) < 4.78 is 17.3. The smallest absolute Gasteiger partial charge is 0.333 e. The molecule has 1 aromatic carbocycles. The Morgan fingerprint density at radius 2 is 1.67 bits per heavy atom. The number of amides is 1. The first kappa shape index (κ1) is 32.0. The van der Waals surface area contributed by atoms with Gasteiger partial charge in [-0.1, -0.05) is 43.2 Å². The lowest BCUT2D eigenvalue weighted by Gasteiger charge is -2.42. The molecule has 6 rings (SSSR count). The van der Waals surface area contributed by atoms with Crippen molar-refractivity contribution in [2.75, 3.05) is 31.1 Å². The molecule has 1 amide bonds. The topological polar surface area (TPSA) is 89.2 Å². The fraction of sp³-hybridized carbons (Fsp3) is 0.600. The monoisotopic (exact) mass is 635 g/mol. The molecule has 242 valence electrons. The van der Waals surface area contributed by atoms with E-state index in [0.29, 0.717) is 25.7 Å². The molecule has 3 aromatic rings. The van der Waals surface area contributed by atoms with Gasteiger partial charge in [-0.25, -0.2) is 14.2 Å². The molecular formula is C35H46FN5O3S. The number of pyridine rings is 1. The number of fused-ring (bicyclic) bond motifs is 1. The Morgan fingerprint density at radius 3 is 2.33 bits per heavy atom. The zero-order valence-corrected chi connectivity index (χ0v) is 27.4. The standard InChI is InChI=1S/C35H46FN5O3S/c1-3-4-17-39-18-15-35(16-19-39,25-7-5-24(2)6-8-25)33(43)38-27-9-11-28(12-10-27)41-32(42)30-22-26(36)23-37-31(30)40(34(41)44)29-13-20-45-21-14-29/h5-8,22-23,27-29H,3-4,9-21H2,1-2H3,(H,38,43). The van der Waals surface area contributed by atoms with Crippen molar-refractivity contribution in [1.29, 1.82) is 0 Å². The highest BCUT2D eigenvalue weighted by molar-refractivity contribution is 7.99. The number of hydrogen-bond donors (Lipinski definition) is 1. The van der Waals surface area contributed by atoms with Crippen LogP contribution < -0.4 is 16.6 Å². The molecule has 0 unspecified atom stereocenters. The number of halogens is 1. The van der Waals surface area contributed by atoms with E-state index < -0.39 is 16.8 Å². The Labute approximate surface area is 268 Å². The van der Waals surface area contributed by atoms with E-state index in [1.165, 1.54) is 22.6 Å². The highest BCUT2D eigenvalue weighted by Gasteiger charge is 2.43. The van der Waals surface area contributed by atoms with Gasteiger partial charge in [0.25, 0.3) is 5.56 Å². The van der Waals surface area contributed by atoms with Crippen molar-refractivity contribution in [2.45, 2.75) is 102 Å². The Balaban J connectivity index is 1.21. The Bertz CT molecular complexity index is 1620. The Morgan fingerprint density at radius 1 is 1.00 bits per heavy atom. The maximum Gasteiger partial charge on any atom is 0.333 e. The lowest BCUT2D eigenvalue weighted by Crippen LogP contribution is -2.54. The van der Waals surface area contributed by atoms with E-state index >= 15 is 0 Å². The molecule has 10 heteroatoms. The van der Waals surface area contributed by atoms with Crippen molar-refractivity contribution in [3.63, 3.8) is 0 Å². The van der Waals surface area contributed by atoms with Crippen molar-refractivity contribution >= 4 is 28.7 Å². The second kappa shape index (κ2) is 13.8. The number of nitrogens with zero attached hydrogens (tertiary/aromatic N) is 4. The molecule has 3 aliphatic rings. The van der Waals surface area contributed by atoms with E-state index in [0.717, 1.165) is 75.0 Å². The Kier molecular flexibility index (Phi) is 9.80. The number of piperidine rings is 1. The van der Waals surface area contributed by atoms with Crippen LogP contribution in [0, 0.1) is 12.7 Å². The van der Waals surface area contributed by atoms with Gasteiger partial charge in [0.1, 0.15) is 11.5 Å². The second-order valence-corrected chi connectivity index (χ2v) is 14.5. The van der Waals surface area contributed by atoms with Gasteiger partial charge in [0.05, 0.1) is 17.0 Å². The lowest BCUT2D eigenvalue weighted by molar-refractivity contribution is -0.129. The number of rotatable bonds is 8. The van der Waals surface area contributed by atoms with Crippen LogP contribution in [0.5, 0.6) is 0 Å². The van der Waals surface area contributed by atoms with Gasteiger partial charge in [-0.05, 0) is 107 Å². The first-order valence-corrected chi connectivity index (χ1v) is 18.0. The van der Waals surface area contributed by atoms with E-state index in [9.17, 15) is 18.8 Å². The largest absolute Gasteiger partial charge is 0.353 e. The minimum absolute atomic E-state index is 0.0259. The number of hydrogen-bond acceptors (Lipinski definition) is 6. The summed E-state index contributed by atoms with van der Waals surface area (Å²) in [4.78, 5) is 48.5. The quantitative estimate of drug-likeness (QED) is 0.351. The number of carbonyl (C=O) groups is 1. The molecule has 1 aliphatic carbocycles. The van der Waals surface area contributed by atoms with Crippen molar-refractivity contribution in [2.24, 2.45) is 0 Å². The van der Waals surface area contributed by atoms with Crippen LogP contribution in [0.1, 0.15) is 94.3 Å². The highest BCUT2D eigenvalue weighted by atomic mass is 32.2. The summed E-state index contributed by atoms with van der Waals surface area (Å²) in [7, 11) is 0.